The number of aromatic nitrogens is 2. The minimum absolute atomic E-state index is 0.0647. The molecule has 0 unspecified atom stereocenters. The molecule has 0 N–H and O–H groups in total. The maximum absolute atomic E-state index is 13.0. The third kappa shape index (κ3) is 3.78. The lowest BCUT2D eigenvalue weighted by molar-refractivity contribution is 0.0717. The van der Waals surface area contributed by atoms with Gasteiger partial charge in [0.15, 0.2) is 15.5 Å². The molecule has 2 saturated heterocycles. The van der Waals surface area contributed by atoms with Gasteiger partial charge in [0, 0.05) is 18.7 Å². The highest BCUT2D eigenvalue weighted by Gasteiger charge is 2.32. The summed E-state index contributed by atoms with van der Waals surface area (Å²) < 4.78 is 31.0. The van der Waals surface area contributed by atoms with Crippen molar-refractivity contribution in [1.29, 1.82) is 0 Å². The zero-order valence-corrected chi connectivity index (χ0v) is 16.8. The van der Waals surface area contributed by atoms with Crippen molar-refractivity contribution in [2.75, 3.05) is 31.7 Å². The first-order chi connectivity index (χ1) is 13.5. The largest absolute Gasteiger partial charge is 0.497 e. The molecule has 0 spiro atoms. The summed E-state index contributed by atoms with van der Waals surface area (Å²) in [5.74, 6) is 0.890. The van der Waals surface area contributed by atoms with Gasteiger partial charge in [-0.15, -0.1) is 0 Å². The summed E-state index contributed by atoms with van der Waals surface area (Å²) in [6.07, 6.45) is 3.69. The Hall–Kier alpha value is -2.35. The van der Waals surface area contributed by atoms with Crippen molar-refractivity contribution in [3.63, 3.8) is 0 Å². The normalized spacial score (nSPS) is 21.6. The molecule has 0 saturated carbocycles. The number of nitrogens with zero attached hydrogens (tertiary/aromatic N) is 3. The average Bonchev–Trinajstić information content (AvgIpc) is 3.31. The molecule has 0 aliphatic carbocycles. The summed E-state index contributed by atoms with van der Waals surface area (Å²) in [7, 11) is -1.45. The number of methoxy groups -OCH3 is 1. The average molecular weight is 404 g/mol. The first kappa shape index (κ1) is 19.0. The molecule has 1 aromatic carbocycles. The van der Waals surface area contributed by atoms with E-state index in [9.17, 15) is 13.2 Å². The Balaban J connectivity index is 1.71. The molecule has 2 aliphatic heterocycles. The highest BCUT2D eigenvalue weighted by Crippen LogP contribution is 2.31. The molecule has 3 heterocycles. The Morgan fingerprint density at radius 1 is 1.14 bits per heavy atom. The van der Waals surface area contributed by atoms with Crippen LogP contribution in [0.2, 0.25) is 0 Å². The van der Waals surface area contributed by atoms with Gasteiger partial charge < -0.3 is 9.64 Å². The van der Waals surface area contributed by atoms with Gasteiger partial charge in [0.1, 0.15) is 5.75 Å². The monoisotopic (exact) mass is 403 g/mol. The van der Waals surface area contributed by atoms with Crippen LogP contribution in [0.4, 0.5) is 0 Å². The number of hydrogen-bond donors (Lipinski definition) is 0. The summed E-state index contributed by atoms with van der Waals surface area (Å²) in [6, 6.07) is 9.07. The van der Waals surface area contributed by atoms with Gasteiger partial charge >= 0.3 is 0 Å². The van der Waals surface area contributed by atoms with Crippen LogP contribution in [0.3, 0.4) is 0 Å². The van der Waals surface area contributed by atoms with Crippen LogP contribution in [0.5, 0.6) is 5.75 Å². The second-order valence-corrected chi connectivity index (χ2v) is 9.73. The Morgan fingerprint density at radius 3 is 2.46 bits per heavy atom. The second-order valence-electron chi connectivity index (χ2n) is 7.50. The van der Waals surface area contributed by atoms with Crippen molar-refractivity contribution in [1.82, 2.24) is 14.7 Å². The Kier molecular flexibility index (Phi) is 5.14. The van der Waals surface area contributed by atoms with Crippen LogP contribution in [0.15, 0.2) is 30.3 Å². The topological polar surface area (TPSA) is 81.5 Å². The number of benzene rings is 1. The van der Waals surface area contributed by atoms with Gasteiger partial charge in [0.05, 0.1) is 30.4 Å². The van der Waals surface area contributed by atoms with Gasteiger partial charge in [0.2, 0.25) is 0 Å². The number of carbonyl (C=O) groups excluding carboxylic acids is 1. The standard InChI is InChI=1S/C20H25N3O4S/c1-27-17-7-5-15(6-8-17)19-13-18(20(24)22-10-3-2-4-11-22)21-23(19)16-9-12-28(25,26)14-16/h5-8,13,16H,2-4,9-12,14H2,1H3/t16-/m1/s1. The third-order valence-electron chi connectivity index (χ3n) is 5.54. The van der Waals surface area contributed by atoms with Gasteiger partial charge in [-0.1, -0.05) is 0 Å². The third-order valence-corrected chi connectivity index (χ3v) is 7.29. The SMILES string of the molecule is COc1ccc(-c2cc(C(=O)N3CCCCC3)nn2[C@@H]2CCS(=O)(=O)C2)cc1. The van der Waals surface area contributed by atoms with Crippen LogP contribution in [-0.4, -0.2) is 60.7 Å². The molecule has 2 aromatic rings. The van der Waals surface area contributed by atoms with E-state index in [1.807, 2.05) is 29.2 Å². The van der Waals surface area contributed by atoms with E-state index in [2.05, 4.69) is 5.10 Å². The van der Waals surface area contributed by atoms with Crippen LogP contribution in [0.25, 0.3) is 11.3 Å². The fraction of sp³-hybridized carbons (Fsp3) is 0.500. The van der Waals surface area contributed by atoms with Crippen molar-refractivity contribution in [2.24, 2.45) is 0 Å². The number of carbonyl (C=O) groups is 1. The van der Waals surface area contributed by atoms with E-state index in [0.29, 0.717) is 12.1 Å². The fourth-order valence-corrected chi connectivity index (χ4v) is 5.67. The molecular weight excluding hydrogens is 378 g/mol. The molecule has 7 nitrogen and oxygen atoms in total. The molecule has 2 fully saturated rings. The maximum Gasteiger partial charge on any atom is 0.274 e. The zero-order chi connectivity index (χ0) is 19.7. The van der Waals surface area contributed by atoms with Gasteiger partial charge in [-0.05, 0) is 56.0 Å². The Bertz CT molecular complexity index is 960. The molecule has 1 aromatic heterocycles. The molecule has 0 radical (unpaired) electrons. The Labute approximate surface area is 165 Å². The van der Waals surface area contributed by atoms with Crippen molar-refractivity contribution in [2.45, 2.75) is 31.7 Å². The quantitative estimate of drug-likeness (QED) is 0.784. The molecule has 4 rings (SSSR count). The van der Waals surface area contributed by atoms with E-state index in [1.165, 1.54) is 0 Å². The van der Waals surface area contributed by atoms with Crippen molar-refractivity contribution in [3.8, 4) is 17.0 Å². The number of hydrogen-bond acceptors (Lipinski definition) is 5. The predicted octanol–water partition coefficient (Wildman–Crippen LogP) is 2.54. The number of likely N-dealkylation sites (tertiary alicyclic amines) is 1. The molecule has 1 atom stereocenters. The van der Waals surface area contributed by atoms with Crippen LogP contribution >= 0.6 is 0 Å². The van der Waals surface area contributed by atoms with E-state index in [-0.39, 0.29) is 23.5 Å². The molecule has 1 amide bonds. The minimum atomic E-state index is -3.06. The lowest BCUT2D eigenvalue weighted by Gasteiger charge is -2.25. The fourth-order valence-electron chi connectivity index (χ4n) is 3.98. The van der Waals surface area contributed by atoms with Gasteiger partial charge in [-0.3, -0.25) is 9.48 Å². The summed E-state index contributed by atoms with van der Waals surface area (Å²) in [5.41, 5.74) is 2.04. The van der Waals surface area contributed by atoms with E-state index >= 15 is 0 Å². The number of rotatable bonds is 4. The van der Waals surface area contributed by atoms with Crippen LogP contribution in [-0.2, 0) is 9.84 Å². The lowest BCUT2D eigenvalue weighted by Crippen LogP contribution is -2.35. The number of piperidine rings is 1. The van der Waals surface area contributed by atoms with E-state index in [1.54, 1.807) is 17.9 Å². The van der Waals surface area contributed by atoms with Crippen LogP contribution < -0.4 is 4.74 Å². The van der Waals surface area contributed by atoms with Gasteiger partial charge in [-0.25, -0.2) is 8.42 Å². The summed E-state index contributed by atoms with van der Waals surface area (Å²) in [6.45, 7) is 1.50. The molecule has 28 heavy (non-hydrogen) atoms. The summed E-state index contributed by atoms with van der Waals surface area (Å²) >= 11 is 0. The number of sulfone groups is 1. The summed E-state index contributed by atoms with van der Waals surface area (Å²) in [5, 5.41) is 4.58. The van der Waals surface area contributed by atoms with Gasteiger partial charge in [0.25, 0.3) is 5.91 Å². The van der Waals surface area contributed by atoms with E-state index in [4.69, 9.17) is 4.74 Å². The zero-order valence-electron chi connectivity index (χ0n) is 16.0. The van der Waals surface area contributed by atoms with E-state index < -0.39 is 9.84 Å². The molecule has 0 bridgehead atoms. The van der Waals surface area contributed by atoms with Crippen molar-refractivity contribution in [3.05, 3.63) is 36.0 Å². The Morgan fingerprint density at radius 2 is 1.86 bits per heavy atom. The number of amides is 1. The first-order valence-corrected chi connectivity index (χ1v) is 11.5. The summed E-state index contributed by atoms with van der Waals surface area (Å²) in [4.78, 5) is 14.8. The molecule has 150 valence electrons. The lowest BCUT2D eigenvalue weighted by atomic mass is 10.1. The maximum atomic E-state index is 13.0. The molecular formula is C20H25N3O4S. The highest BCUT2D eigenvalue weighted by atomic mass is 32.2. The van der Waals surface area contributed by atoms with E-state index in [0.717, 1.165) is 49.4 Å². The minimum Gasteiger partial charge on any atom is -0.497 e. The second kappa shape index (κ2) is 7.58. The van der Waals surface area contributed by atoms with Gasteiger partial charge in [-0.2, -0.15) is 5.10 Å². The van der Waals surface area contributed by atoms with Crippen LogP contribution in [0.1, 0.15) is 42.2 Å². The van der Waals surface area contributed by atoms with Crippen molar-refractivity contribution >= 4 is 15.7 Å². The van der Waals surface area contributed by atoms with Crippen LogP contribution in [0, 0.1) is 0 Å². The highest BCUT2D eigenvalue weighted by molar-refractivity contribution is 7.91. The number of ether oxygens (including phenoxy) is 1. The molecule has 8 heteroatoms. The molecule has 2 aliphatic rings. The first-order valence-electron chi connectivity index (χ1n) is 9.70. The predicted molar refractivity (Wildman–Crippen MR) is 106 cm³/mol. The van der Waals surface area contributed by atoms with Crippen molar-refractivity contribution < 1.29 is 17.9 Å². The smallest absolute Gasteiger partial charge is 0.274 e.